The standard InChI is InChI=1S/C20H26N4O/c1-12(2)17(11-25)22-20-21-13(3)8-19(23-20)24-10-14-9-18(24)16-7-5-4-6-15(14)16/h4-8,12,14,17-18,25H,9-11H2,1-3H3,(H,21,22,23)/t14-,17-,18+/m1/s1. The zero-order chi connectivity index (χ0) is 17.6. The summed E-state index contributed by atoms with van der Waals surface area (Å²) in [5.41, 5.74) is 3.90. The van der Waals surface area contributed by atoms with Crippen LogP contribution in [0.4, 0.5) is 11.8 Å². The van der Waals surface area contributed by atoms with Crippen LogP contribution in [0.25, 0.3) is 0 Å². The van der Waals surface area contributed by atoms with E-state index in [9.17, 15) is 5.11 Å². The molecule has 3 atom stereocenters. The minimum absolute atomic E-state index is 0.0367. The smallest absolute Gasteiger partial charge is 0.225 e. The number of aryl methyl sites for hydroxylation is 1. The fourth-order valence-electron chi connectivity index (χ4n) is 4.15. The van der Waals surface area contributed by atoms with E-state index in [1.807, 2.05) is 6.92 Å². The van der Waals surface area contributed by atoms with Crippen molar-refractivity contribution in [3.8, 4) is 0 Å². The SMILES string of the molecule is Cc1cc(N2C[C@H]3C[C@H]2c2ccccc23)nc(N[C@H](CO)C(C)C)n1. The number of aliphatic hydroxyl groups excluding tert-OH is 1. The first kappa shape index (κ1) is 16.3. The topological polar surface area (TPSA) is 61.3 Å². The van der Waals surface area contributed by atoms with Crippen molar-refractivity contribution in [2.75, 3.05) is 23.4 Å². The van der Waals surface area contributed by atoms with Gasteiger partial charge in [0.2, 0.25) is 5.95 Å². The maximum absolute atomic E-state index is 9.57. The number of hydrogen-bond donors (Lipinski definition) is 2. The second-order valence-corrected chi connectivity index (χ2v) is 7.60. The molecule has 2 aromatic rings. The normalized spacial score (nSPS) is 22.4. The summed E-state index contributed by atoms with van der Waals surface area (Å²) < 4.78 is 0. The molecule has 1 aromatic carbocycles. The molecule has 0 radical (unpaired) electrons. The number of aliphatic hydroxyl groups is 1. The molecule has 1 aliphatic heterocycles. The van der Waals surface area contributed by atoms with E-state index in [0.717, 1.165) is 18.1 Å². The van der Waals surface area contributed by atoms with Crippen molar-refractivity contribution >= 4 is 11.8 Å². The fraction of sp³-hybridized carbons (Fsp3) is 0.500. The van der Waals surface area contributed by atoms with Crippen molar-refractivity contribution in [1.82, 2.24) is 9.97 Å². The maximum atomic E-state index is 9.57. The summed E-state index contributed by atoms with van der Waals surface area (Å²) in [6, 6.07) is 11.2. The molecule has 25 heavy (non-hydrogen) atoms. The molecule has 0 saturated carbocycles. The minimum atomic E-state index is -0.0367. The van der Waals surface area contributed by atoms with Crippen molar-refractivity contribution in [3.63, 3.8) is 0 Å². The highest BCUT2D eigenvalue weighted by Gasteiger charge is 2.42. The van der Waals surface area contributed by atoms with Gasteiger partial charge in [-0.05, 0) is 30.4 Å². The van der Waals surface area contributed by atoms with Gasteiger partial charge in [0.1, 0.15) is 5.82 Å². The first-order valence-corrected chi connectivity index (χ1v) is 9.15. The van der Waals surface area contributed by atoms with Gasteiger partial charge in [-0.2, -0.15) is 4.98 Å². The second-order valence-electron chi connectivity index (χ2n) is 7.60. The molecule has 0 spiro atoms. The molecule has 1 saturated heterocycles. The lowest BCUT2D eigenvalue weighted by Gasteiger charge is -2.30. The van der Waals surface area contributed by atoms with E-state index in [4.69, 9.17) is 4.98 Å². The van der Waals surface area contributed by atoms with Crippen LogP contribution >= 0.6 is 0 Å². The number of benzene rings is 1. The van der Waals surface area contributed by atoms with Crippen LogP contribution in [0.2, 0.25) is 0 Å². The molecule has 2 bridgehead atoms. The second kappa shape index (κ2) is 6.30. The molecular weight excluding hydrogens is 312 g/mol. The van der Waals surface area contributed by atoms with Gasteiger partial charge in [-0.25, -0.2) is 4.98 Å². The van der Waals surface area contributed by atoms with Gasteiger partial charge in [-0.3, -0.25) is 0 Å². The summed E-state index contributed by atoms with van der Waals surface area (Å²) in [5.74, 6) is 2.51. The molecule has 2 heterocycles. The number of rotatable bonds is 5. The summed E-state index contributed by atoms with van der Waals surface area (Å²) in [4.78, 5) is 11.7. The van der Waals surface area contributed by atoms with Crippen LogP contribution in [0, 0.1) is 12.8 Å². The van der Waals surface area contributed by atoms with Crippen molar-refractivity contribution < 1.29 is 5.11 Å². The highest BCUT2D eigenvalue weighted by Crippen LogP contribution is 2.51. The van der Waals surface area contributed by atoms with Crippen molar-refractivity contribution in [2.24, 2.45) is 5.92 Å². The predicted molar refractivity (Wildman–Crippen MR) is 100.0 cm³/mol. The molecule has 4 rings (SSSR count). The van der Waals surface area contributed by atoms with Gasteiger partial charge in [-0.15, -0.1) is 0 Å². The lowest BCUT2D eigenvalue weighted by molar-refractivity contribution is 0.248. The fourth-order valence-corrected chi connectivity index (χ4v) is 4.15. The van der Waals surface area contributed by atoms with Gasteiger partial charge in [0.05, 0.1) is 18.7 Å². The largest absolute Gasteiger partial charge is 0.394 e. The molecule has 2 N–H and O–H groups in total. The molecular formula is C20H26N4O. The van der Waals surface area contributed by atoms with E-state index < -0.39 is 0 Å². The molecule has 1 fully saturated rings. The van der Waals surface area contributed by atoms with Gasteiger partial charge < -0.3 is 15.3 Å². The Morgan fingerprint density at radius 2 is 2.00 bits per heavy atom. The van der Waals surface area contributed by atoms with Crippen LogP contribution in [0.5, 0.6) is 0 Å². The van der Waals surface area contributed by atoms with Gasteiger partial charge in [0.15, 0.2) is 0 Å². The predicted octanol–water partition coefficient (Wildman–Crippen LogP) is 3.26. The van der Waals surface area contributed by atoms with Crippen LogP contribution in [-0.4, -0.2) is 34.3 Å². The average Bonchev–Trinajstić information content (AvgIpc) is 3.18. The Labute approximate surface area is 149 Å². The summed E-state index contributed by atoms with van der Waals surface area (Å²) >= 11 is 0. The maximum Gasteiger partial charge on any atom is 0.225 e. The number of nitrogens with zero attached hydrogens (tertiary/aromatic N) is 3. The first-order valence-electron chi connectivity index (χ1n) is 9.15. The number of hydrogen-bond acceptors (Lipinski definition) is 5. The average molecular weight is 338 g/mol. The van der Waals surface area contributed by atoms with E-state index in [1.54, 1.807) is 0 Å². The minimum Gasteiger partial charge on any atom is -0.394 e. The molecule has 5 nitrogen and oxygen atoms in total. The first-order chi connectivity index (χ1) is 12.1. The molecule has 0 unspecified atom stereocenters. The van der Waals surface area contributed by atoms with Crippen molar-refractivity contribution in [1.29, 1.82) is 0 Å². The van der Waals surface area contributed by atoms with Gasteiger partial charge in [0, 0.05) is 24.2 Å². The van der Waals surface area contributed by atoms with Crippen LogP contribution in [0.3, 0.4) is 0 Å². The van der Waals surface area contributed by atoms with Gasteiger partial charge >= 0.3 is 0 Å². The third-order valence-electron chi connectivity index (χ3n) is 5.55. The van der Waals surface area contributed by atoms with E-state index in [2.05, 4.69) is 59.4 Å². The van der Waals surface area contributed by atoms with Crippen LogP contribution in [0.15, 0.2) is 30.3 Å². The molecule has 5 heteroatoms. The van der Waals surface area contributed by atoms with E-state index in [-0.39, 0.29) is 12.6 Å². The van der Waals surface area contributed by atoms with Crippen LogP contribution in [0.1, 0.15) is 49.0 Å². The molecule has 2 aliphatic rings. The number of fused-ring (bicyclic) bond motifs is 5. The third kappa shape index (κ3) is 2.86. The molecule has 0 amide bonds. The third-order valence-corrected chi connectivity index (χ3v) is 5.55. The summed E-state index contributed by atoms with van der Waals surface area (Å²) in [7, 11) is 0. The zero-order valence-electron chi connectivity index (χ0n) is 15.1. The Hall–Kier alpha value is -2.14. The van der Waals surface area contributed by atoms with Crippen LogP contribution < -0.4 is 10.2 Å². The highest BCUT2D eigenvalue weighted by molar-refractivity contribution is 5.55. The number of anilines is 2. The Kier molecular flexibility index (Phi) is 4.12. The molecule has 1 aliphatic carbocycles. The van der Waals surface area contributed by atoms with Crippen LogP contribution in [-0.2, 0) is 0 Å². The van der Waals surface area contributed by atoms with Crippen molar-refractivity contribution in [2.45, 2.75) is 45.2 Å². The Morgan fingerprint density at radius 1 is 1.24 bits per heavy atom. The Morgan fingerprint density at radius 3 is 2.72 bits per heavy atom. The van der Waals surface area contributed by atoms with E-state index in [1.165, 1.54) is 17.5 Å². The Balaban J connectivity index is 1.62. The molecule has 132 valence electrons. The van der Waals surface area contributed by atoms with E-state index >= 15 is 0 Å². The highest BCUT2D eigenvalue weighted by atomic mass is 16.3. The number of nitrogens with one attached hydrogen (secondary N) is 1. The molecule has 1 aromatic heterocycles. The summed E-state index contributed by atoms with van der Waals surface area (Å²) in [5, 5.41) is 12.9. The van der Waals surface area contributed by atoms with Gasteiger partial charge in [-0.1, -0.05) is 38.1 Å². The number of aromatic nitrogens is 2. The lowest BCUT2D eigenvalue weighted by atomic mass is 9.99. The van der Waals surface area contributed by atoms with E-state index in [0.29, 0.717) is 23.8 Å². The Bertz CT molecular complexity index is 776. The lowest BCUT2D eigenvalue weighted by Crippen LogP contribution is -2.32. The summed E-state index contributed by atoms with van der Waals surface area (Å²) in [6.45, 7) is 7.27. The monoisotopic (exact) mass is 338 g/mol. The van der Waals surface area contributed by atoms with Gasteiger partial charge in [0.25, 0.3) is 0 Å². The summed E-state index contributed by atoms with van der Waals surface area (Å²) in [6.07, 6.45) is 1.18. The zero-order valence-corrected chi connectivity index (χ0v) is 15.1. The quantitative estimate of drug-likeness (QED) is 0.876. The van der Waals surface area contributed by atoms with Crippen molar-refractivity contribution in [3.05, 3.63) is 47.2 Å².